The van der Waals surface area contributed by atoms with Crippen molar-refractivity contribution in [3.63, 3.8) is 0 Å². The van der Waals surface area contributed by atoms with E-state index in [1.54, 1.807) is 0 Å². The van der Waals surface area contributed by atoms with Crippen LogP contribution in [0.4, 0.5) is 0 Å². The first kappa shape index (κ1) is 16.5. The van der Waals surface area contributed by atoms with Crippen molar-refractivity contribution in [2.75, 3.05) is 13.1 Å². The molecule has 0 saturated carbocycles. The number of nitrogens with zero attached hydrogens (tertiary/aromatic N) is 1. The zero-order chi connectivity index (χ0) is 16.2. The second-order valence-electron chi connectivity index (χ2n) is 6.04. The van der Waals surface area contributed by atoms with Gasteiger partial charge in [-0.1, -0.05) is 42.5 Å². The predicted molar refractivity (Wildman–Crippen MR) is 101 cm³/mol. The van der Waals surface area contributed by atoms with E-state index in [9.17, 15) is 4.79 Å². The summed E-state index contributed by atoms with van der Waals surface area (Å²) in [6.45, 7) is 1.58. The highest BCUT2D eigenvalue weighted by molar-refractivity contribution is 14.1. The Bertz CT molecular complexity index is 649. The van der Waals surface area contributed by atoms with Crippen molar-refractivity contribution in [2.24, 2.45) is 5.73 Å². The molecule has 0 bridgehead atoms. The number of hydrogen-bond acceptors (Lipinski definition) is 2. The lowest BCUT2D eigenvalue weighted by Crippen LogP contribution is -2.42. The Morgan fingerprint density at radius 2 is 1.65 bits per heavy atom. The summed E-state index contributed by atoms with van der Waals surface area (Å²) in [4.78, 5) is 14.5. The average molecular weight is 420 g/mol. The number of halogens is 1. The largest absolute Gasteiger partial charge is 0.341 e. The van der Waals surface area contributed by atoms with Crippen molar-refractivity contribution < 1.29 is 4.79 Å². The lowest BCUT2D eigenvalue weighted by Gasteiger charge is -2.33. The molecule has 3 nitrogen and oxygen atoms in total. The molecule has 2 aromatic rings. The standard InChI is InChI=1S/C19H21IN2O/c20-17-8-6-14(7-9-17)15-10-12-22(13-11-15)19(23)18(21)16-4-2-1-3-5-16/h1-9,15,18H,10-13,21H2. The van der Waals surface area contributed by atoms with Crippen molar-refractivity contribution in [1.82, 2.24) is 4.90 Å². The third-order valence-corrected chi connectivity index (χ3v) is 5.29. The van der Waals surface area contributed by atoms with E-state index in [1.807, 2.05) is 35.2 Å². The van der Waals surface area contributed by atoms with Gasteiger partial charge in [-0.3, -0.25) is 4.79 Å². The SMILES string of the molecule is NC(C(=O)N1CCC(c2ccc(I)cc2)CC1)c1ccccc1. The van der Waals surface area contributed by atoms with Gasteiger partial charge in [0.2, 0.25) is 5.91 Å². The third-order valence-electron chi connectivity index (χ3n) is 4.57. The van der Waals surface area contributed by atoms with Gasteiger partial charge in [-0.2, -0.15) is 0 Å². The van der Waals surface area contributed by atoms with Crippen LogP contribution in [0.3, 0.4) is 0 Å². The summed E-state index contributed by atoms with van der Waals surface area (Å²) in [7, 11) is 0. The minimum Gasteiger partial charge on any atom is -0.341 e. The fraction of sp³-hybridized carbons (Fsp3) is 0.316. The molecule has 1 fully saturated rings. The summed E-state index contributed by atoms with van der Waals surface area (Å²) in [6, 6.07) is 17.8. The van der Waals surface area contributed by atoms with Crippen LogP contribution >= 0.6 is 22.6 Å². The predicted octanol–water partition coefficient (Wildman–Crippen LogP) is 3.70. The van der Waals surface area contributed by atoms with Crippen LogP contribution < -0.4 is 5.73 Å². The quantitative estimate of drug-likeness (QED) is 0.770. The lowest BCUT2D eigenvalue weighted by atomic mass is 9.89. The van der Waals surface area contributed by atoms with Gasteiger partial charge >= 0.3 is 0 Å². The maximum Gasteiger partial charge on any atom is 0.244 e. The minimum atomic E-state index is -0.550. The molecule has 1 saturated heterocycles. The number of likely N-dealkylation sites (tertiary alicyclic amines) is 1. The molecular formula is C19H21IN2O. The Morgan fingerprint density at radius 1 is 1.04 bits per heavy atom. The fourth-order valence-electron chi connectivity index (χ4n) is 3.17. The van der Waals surface area contributed by atoms with E-state index >= 15 is 0 Å². The summed E-state index contributed by atoms with van der Waals surface area (Å²) >= 11 is 2.33. The number of amides is 1. The van der Waals surface area contributed by atoms with Crippen LogP contribution in [-0.4, -0.2) is 23.9 Å². The topological polar surface area (TPSA) is 46.3 Å². The number of hydrogen-bond donors (Lipinski definition) is 1. The summed E-state index contributed by atoms with van der Waals surface area (Å²) in [5.74, 6) is 0.584. The van der Waals surface area contributed by atoms with E-state index in [-0.39, 0.29) is 5.91 Å². The molecule has 0 radical (unpaired) electrons. The van der Waals surface area contributed by atoms with E-state index in [4.69, 9.17) is 5.73 Å². The molecule has 3 rings (SSSR count). The molecule has 1 amide bonds. The van der Waals surface area contributed by atoms with Gasteiger partial charge < -0.3 is 10.6 Å². The monoisotopic (exact) mass is 420 g/mol. The normalized spacial score (nSPS) is 17.0. The van der Waals surface area contributed by atoms with Gasteiger partial charge in [0.15, 0.2) is 0 Å². The molecule has 1 aliphatic heterocycles. The zero-order valence-corrected chi connectivity index (χ0v) is 15.1. The highest BCUT2D eigenvalue weighted by atomic mass is 127. The number of nitrogens with two attached hydrogens (primary N) is 1. The van der Waals surface area contributed by atoms with Crippen LogP contribution in [0.5, 0.6) is 0 Å². The molecule has 2 N–H and O–H groups in total. The number of piperidine rings is 1. The highest BCUT2D eigenvalue weighted by Crippen LogP contribution is 2.29. The Hall–Kier alpha value is -1.40. The van der Waals surface area contributed by atoms with E-state index in [2.05, 4.69) is 46.9 Å². The number of carbonyl (C=O) groups is 1. The number of carbonyl (C=O) groups excluding carboxylic acids is 1. The first-order valence-corrected chi connectivity index (χ1v) is 9.08. The summed E-state index contributed by atoms with van der Waals surface area (Å²) in [6.07, 6.45) is 2.02. The molecule has 0 aliphatic carbocycles. The molecule has 1 unspecified atom stereocenters. The Kier molecular flexibility index (Phi) is 5.33. The van der Waals surface area contributed by atoms with Gasteiger partial charge in [0.05, 0.1) is 0 Å². The van der Waals surface area contributed by atoms with Gasteiger partial charge in [-0.25, -0.2) is 0 Å². The van der Waals surface area contributed by atoms with Crippen LogP contribution in [-0.2, 0) is 4.79 Å². The van der Waals surface area contributed by atoms with E-state index in [0.717, 1.165) is 31.5 Å². The molecule has 4 heteroatoms. The minimum absolute atomic E-state index is 0.0391. The van der Waals surface area contributed by atoms with Crippen molar-refractivity contribution in [3.05, 3.63) is 69.3 Å². The highest BCUT2D eigenvalue weighted by Gasteiger charge is 2.27. The first-order chi connectivity index (χ1) is 11.1. The molecule has 2 aromatic carbocycles. The van der Waals surface area contributed by atoms with Crippen molar-refractivity contribution in [1.29, 1.82) is 0 Å². The number of rotatable bonds is 3. The van der Waals surface area contributed by atoms with Gasteiger partial charge in [0, 0.05) is 16.7 Å². The third kappa shape index (κ3) is 3.93. The smallest absolute Gasteiger partial charge is 0.244 e. The van der Waals surface area contributed by atoms with Gasteiger partial charge in [0.1, 0.15) is 6.04 Å². The van der Waals surface area contributed by atoms with Crippen molar-refractivity contribution in [3.8, 4) is 0 Å². The molecule has 1 atom stereocenters. The van der Waals surface area contributed by atoms with Gasteiger partial charge in [-0.05, 0) is 64.6 Å². The second-order valence-corrected chi connectivity index (χ2v) is 7.29. The average Bonchev–Trinajstić information content (AvgIpc) is 2.62. The molecule has 1 aliphatic rings. The maximum atomic E-state index is 12.6. The van der Waals surface area contributed by atoms with Crippen molar-refractivity contribution in [2.45, 2.75) is 24.8 Å². The molecule has 23 heavy (non-hydrogen) atoms. The lowest BCUT2D eigenvalue weighted by molar-refractivity contribution is -0.133. The van der Waals surface area contributed by atoms with Crippen LogP contribution in [0, 0.1) is 3.57 Å². The molecule has 120 valence electrons. The van der Waals surface area contributed by atoms with E-state index < -0.39 is 6.04 Å². The van der Waals surface area contributed by atoms with Gasteiger partial charge in [-0.15, -0.1) is 0 Å². The summed E-state index contributed by atoms with van der Waals surface area (Å²) in [5.41, 5.74) is 8.41. The molecular weight excluding hydrogens is 399 g/mol. The van der Waals surface area contributed by atoms with Crippen molar-refractivity contribution >= 4 is 28.5 Å². The molecule has 1 heterocycles. The van der Waals surface area contributed by atoms with Crippen LogP contribution in [0.15, 0.2) is 54.6 Å². The fourth-order valence-corrected chi connectivity index (χ4v) is 3.53. The Balaban J connectivity index is 1.60. The number of benzene rings is 2. The van der Waals surface area contributed by atoms with E-state index in [1.165, 1.54) is 9.13 Å². The van der Waals surface area contributed by atoms with E-state index in [0.29, 0.717) is 5.92 Å². The first-order valence-electron chi connectivity index (χ1n) is 8.00. The zero-order valence-electron chi connectivity index (χ0n) is 13.0. The van der Waals surface area contributed by atoms with Gasteiger partial charge in [0.25, 0.3) is 0 Å². The summed E-state index contributed by atoms with van der Waals surface area (Å²) in [5, 5.41) is 0. The summed E-state index contributed by atoms with van der Waals surface area (Å²) < 4.78 is 1.26. The maximum absolute atomic E-state index is 12.6. The second kappa shape index (κ2) is 7.45. The van der Waals surface area contributed by atoms with Crippen LogP contribution in [0.2, 0.25) is 0 Å². The molecule has 0 aromatic heterocycles. The van der Waals surface area contributed by atoms with Crippen LogP contribution in [0.1, 0.15) is 35.9 Å². The van der Waals surface area contributed by atoms with Crippen LogP contribution in [0.25, 0.3) is 0 Å². The Morgan fingerprint density at radius 3 is 2.26 bits per heavy atom. The Labute approximate surface area is 151 Å². The molecule has 0 spiro atoms.